The molecule has 1 aliphatic rings. The monoisotopic (exact) mass is 391 g/mol. The lowest BCUT2D eigenvalue weighted by atomic mass is 10.0. The lowest BCUT2D eigenvalue weighted by Crippen LogP contribution is -2.43. The molecule has 1 unspecified atom stereocenters. The normalized spacial score (nSPS) is 20.5. The van der Waals surface area contributed by atoms with Gasteiger partial charge in [-0.1, -0.05) is 13.8 Å². The van der Waals surface area contributed by atoms with Crippen LogP contribution >= 0.6 is 15.9 Å². The first-order valence-corrected chi connectivity index (χ1v) is 10.2. The third-order valence-corrected chi connectivity index (χ3v) is 6.40. The summed E-state index contributed by atoms with van der Waals surface area (Å²) < 4.78 is 29.6. The van der Waals surface area contributed by atoms with Crippen LogP contribution in [0.3, 0.4) is 0 Å². The Bertz CT molecular complexity index is 621. The van der Waals surface area contributed by atoms with E-state index in [0.29, 0.717) is 23.4 Å². The predicted molar refractivity (Wildman–Crippen MR) is 88.1 cm³/mol. The molecule has 22 heavy (non-hydrogen) atoms. The van der Waals surface area contributed by atoms with Gasteiger partial charge in [0.25, 0.3) is 0 Å². The van der Waals surface area contributed by atoms with E-state index in [4.69, 9.17) is 4.42 Å². The summed E-state index contributed by atoms with van der Waals surface area (Å²) in [6.45, 7) is 4.29. The van der Waals surface area contributed by atoms with Crippen LogP contribution in [0.4, 0.5) is 0 Å². The number of nitrogens with zero attached hydrogens (tertiary/aromatic N) is 1. The summed E-state index contributed by atoms with van der Waals surface area (Å²) in [5, 5.41) is 0. The molecule has 0 N–H and O–H groups in total. The molecule has 0 aliphatic carbocycles. The molecule has 1 aromatic rings. The van der Waals surface area contributed by atoms with Gasteiger partial charge in [-0.3, -0.25) is 4.79 Å². The van der Waals surface area contributed by atoms with Gasteiger partial charge in [0.1, 0.15) is 5.76 Å². The van der Waals surface area contributed by atoms with E-state index in [-0.39, 0.29) is 29.4 Å². The van der Waals surface area contributed by atoms with E-state index in [1.54, 1.807) is 17.0 Å². The Labute approximate surface area is 140 Å². The van der Waals surface area contributed by atoms with Crippen LogP contribution in [-0.2, 0) is 21.2 Å². The zero-order valence-electron chi connectivity index (χ0n) is 12.9. The second-order valence-corrected chi connectivity index (χ2v) is 8.75. The number of sulfone groups is 1. The maximum Gasteiger partial charge on any atom is 0.226 e. The Morgan fingerprint density at radius 2 is 2.09 bits per heavy atom. The van der Waals surface area contributed by atoms with Gasteiger partial charge in [0.15, 0.2) is 14.5 Å². The topological polar surface area (TPSA) is 67.6 Å². The van der Waals surface area contributed by atoms with Crippen molar-refractivity contribution in [2.24, 2.45) is 5.92 Å². The molecule has 2 heterocycles. The van der Waals surface area contributed by atoms with E-state index in [2.05, 4.69) is 15.9 Å². The summed E-state index contributed by atoms with van der Waals surface area (Å²) in [6.07, 6.45) is 2.02. The molecule has 124 valence electrons. The maximum atomic E-state index is 12.8. The molecular formula is C15H22BrNO4S. The average Bonchev–Trinajstić information content (AvgIpc) is 3.03. The van der Waals surface area contributed by atoms with Gasteiger partial charge < -0.3 is 9.32 Å². The molecule has 2 rings (SSSR count). The number of rotatable bonds is 6. The minimum Gasteiger partial charge on any atom is -0.452 e. The molecule has 1 fully saturated rings. The first-order valence-electron chi connectivity index (χ1n) is 7.61. The molecule has 1 aromatic heterocycles. The minimum atomic E-state index is -3.03. The molecule has 0 saturated carbocycles. The molecule has 0 spiro atoms. The average molecular weight is 392 g/mol. The fourth-order valence-corrected chi connectivity index (χ4v) is 4.96. The highest BCUT2D eigenvalue weighted by molar-refractivity contribution is 9.10. The van der Waals surface area contributed by atoms with Crippen molar-refractivity contribution < 1.29 is 17.6 Å². The zero-order valence-corrected chi connectivity index (χ0v) is 15.3. The van der Waals surface area contributed by atoms with Crippen LogP contribution in [0.5, 0.6) is 0 Å². The van der Waals surface area contributed by atoms with Crippen LogP contribution in [0.15, 0.2) is 21.2 Å². The fourth-order valence-electron chi connectivity index (χ4n) is 2.89. The number of hydrogen-bond donors (Lipinski definition) is 0. The Morgan fingerprint density at radius 3 is 2.55 bits per heavy atom. The molecule has 1 saturated heterocycles. The Morgan fingerprint density at radius 1 is 1.41 bits per heavy atom. The summed E-state index contributed by atoms with van der Waals surface area (Å²) in [6, 6.07) is 3.34. The maximum absolute atomic E-state index is 12.8. The van der Waals surface area contributed by atoms with Crippen molar-refractivity contribution in [1.29, 1.82) is 0 Å². The standard InChI is InChI=1S/C15H22BrNO4S/c1-3-11(4-2)15(18)17(9-13-5-6-14(16)21-13)12-7-8-22(19,20)10-12/h5-6,11-12H,3-4,7-10H2,1-2H3. The van der Waals surface area contributed by atoms with Gasteiger partial charge in [0.2, 0.25) is 5.91 Å². The molecule has 1 amide bonds. The summed E-state index contributed by atoms with van der Waals surface area (Å²) in [4.78, 5) is 14.5. The highest BCUT2D eigenvalue weighted by Gasteiger charge is 2.36. The minimum absolute atomic E-state index is 0.0274. The van der Waals surface area contributed by atoms with Crippen LogP contribution in [0, 0.1) is 5.92 Å². The van der Waals surface area contributed by atoms with E-state index in [1.807, 2.05) is 13.8 Å². The third-order valence-electron chi connectivity index (χ3n) is 4.22. The van der Waals surface area contributed by atoms with E-state index in [1.165, 1.54) is 0 Å². The van der Waals surface area contributed by atoms with E-state index in [9.17, 15) is 13.2 Å². The number of furan rings is 1. The second-order valence-electron chi connectivity index (χ2n) is 5.74. The molecule has 0 bridgehead atoms. The summed E-state index contributed by atoms with van der Waals surface area (Å²) in [7, 11) is -3.03. The first-order chi connectivity index (χ1) is 10.4. The highest BCUT2D eigenvalue weighted by atomic mass is 79.9. The third kappa shape index (κ3) is 4.13. The number of halogens is 1. The summed E-state index contributed by atoms with van der Waals surface area (Å²) in [5.74, 6) is 0.837. The van der Waals surface area contributed by atoms with Crippen LogP contribution in [-0.4, -0.2) is 36.8 Å². The van der Waals surface area contributed by atoms with E-state index in [0.717, 1.165) is 12.8 Å². The molecule has 0 radical (unpaired) electrons. The van der Waals surface area contributed by atoms with Crippen LogP contribution < -0.4 is 0 Å². The second kappa shape index (κ2) is 7.17. The van der Waals surface area contributed by atoms with Gasteiger partial charge >= 0.3 is 0 Å². The number of carbonyl (C=O) groups excluding carboxylic acids is 1. The van der Waals surface area contributed by atoms with E-state index < -0.39 is 9.84 Å². The van der Waals surface area contributed by atoms with Crippen LogP contribution in [0.1, 0.15) is 38.9 Å². The quantitative estimate of drug-likeness (QED) is 0.747. The highest BCUT2D eigenvalue weighted by Crippen LogP contribution is 2.25. The van der Waals surface area contributed by atoms with Crippen molar-refractivity contribution in [2.45, 2.75) is 45.7 Å². The molecule has 0 aromatic carbocycles. The van der Waals surface area contributed by atoms with Gasteiger partial charge in [-0.15, -0.1) is 0 Å². The Kier molecular flexibility index (Phi) is 5.71. The number of amides is 1. The van der Waals surface area contributed by atoms with Crippen molar-refractivity contribution in [3.63, 3.8) is 0 Å². The van der Waals surface area contributed by atoms with Gasteiger partial charge in [-0.05, 0) is 47.3 Å². The van der Waals surface area contributed by atoms with Crippen LogP contribution in [0.2, 0.25) is 0 Å². The lowest BCUT2D eigenvalue weighted by molar-refractivity contribution is -0.138. The van der Waals surface area contributed by atoms with Crippen molar-refractivity contribution in [3.8, 4) is 0 Å². The van der Waals surface area contributed by atoms with Crippen molar-refractivity contribution in [2.75, 3.05) is 11.5 Å². The van der Waals surface area contributed by atoms with Gasteiger partial charge in [0, 0.05) is 12.0 Å². The lowest BCUT2D eigenvalue weighted by Gasteiger charge is -2.30. The predicted octanol–water partition coefficient (Wildman–Crippen LogP) is 2.99. The SMILES string of the molecule is CCC(CC)C(=O)N(Cc1ccc(Br)o1)C1CCS(=O)(=O)C1. The summed E-state index contributed by atoms with van der Waals surface area (Å²) in [5.41, 5.74) is 0. The largest absolute Gasteiger partial charge is 0.452 e. The summed E-state index contributed by atoms with van der Waals surface area (Å²) >= 11 is 3.25. The molecule has 7 heteroatoms. The molecule has 5 nitrogen and oxygen atoms in total. The fraction of sp³-hybridized carbons (Fsp3) is 0.667. The molecular weight excluding hydrogens is 370 g/mol. The number of carbonyl (C=O) groups is 1. The smallest absolute Gasteiger partial charge is 0.226 e. The van der Waals surface area contributed by atoms with Crippen molar-refractivity contribution >= 4 is 31.7 Å². The van der Waals surface area contributed by atoms with Crippen LogP contribution in [0.25, 0.3) is 0 Å². The Balaban J connectivity index is 2.22. The van der Waals surface area contributed by atoms with Gasteiger partial charge in [-0.25, -0.2) is 8.42 Å². The zero-order chi connectivity index (χ0) is 16.3. The Hall–Kier alpha value is -0.820. The van der Waals surface area contributed by atoms with Crippen molar-refractivity contribution in [3.05, 3.63) is 22.6 Å². The van der Waals surface area contributed by atoms with Crippen molar-refractivity contribution in [1.82, 2.24) is 4.90 Å². The first kappa shape index (κ1) is 17.5. The molecule has 1 aliphatic heterocycles. The number of hydrogen-bond acceptors (Lipinski definition) is 4. The van der Waals surface area contributed by atoms with Gasteiger partial charge in [-0.2, -0.15) is 0 Å². The molecule has 1 atom stereocenters. The van der Waals surface area contributed by atoms with Gasteiger partial charge in [0.05, 0.1) is 18.1 Å². The van der Waals surface area contributed by atoms with E-state index >= 15 is 0 Å².